The minimum Gasteiger partial charge on any atom is -0.496 e. The molecule has 0 bridgehead atoms. The molecular formula is C15H19N3O. The van der Waals surface area contributed by atoms with Crippen LogP contribution in [0.25, 0.3) is 11.3 Å². The van der Waals surface area contributed by atoms with Crippen molar-refractivity contribution in [1.82, 2.24) is 9.97 Å². The molecule has 1 aromatic carbocycles. The fourth-order valence-electron chi connectivity index (χ4n) is 2.27. The van der Waals surface area contributed by atoms with E-state index in [4.69, 9.17) is 4.74 Å². The van der Waals surface area contributed by atoms with Gasteiger partial charge < -0.3 is 10.1 Å². The number of aromatic nitrogens is 2. The highest BCUT2D eigenvalue weighted by Gasteiger charge is 2.13. The number of hydrogen-bond donors (Lipinski definition) is 1. The maximum absolute atomic E-state index is 5.45. The van der Waals surface area contributed by atoms with Gasteiger partial charge >= 0.3 is 0 Å². The van der Waals surface area contributed by atoms with Gasteiger partial charge in [0.05, 0.1) is 12.8 Å². The smallest absolute Gasteiger partial charge is 0.222 e. The van der Waals surface area contributed by atoms with Crippen LogP contribution >= 0.6 is 0 Å². The Hall–Kier alpha value is -2.10. The van der Waals surface area contributed by atoms with Crippen LogP contribution in [0.4, 0.5) is 5.95 Å². The number of rotatable bonds is 3. The molecule has 4 nitrogen and oxygen atoms in total. The zero-order chi connectivity index (χ0) is 14.0. The lowest BCUT2D eigenvalue weighted by molar-refractivity contribution is 0.408. The molecule has 0 fully saturated rings. The van der Waals surface area contributed by atoms with Crippen molar-refractivity contribution in [3.05, 3.63) is 35.0 Å². The van der Waals surface area contributed by atoms with Crippen LogP contribution in [0.5, 0.6) is 5.75 Å². The van der Waals surface area contributed by atoms with Gasteiger partial charge in [-0.05, 0) is 49.6 Å². The van der Waals surface area contributed by atoms with E-state index in [2.05, 4.69) is 42.1 Å². The summed E-state index contributed by atoms with van der Waals surface area (Å²) in [6.07, 6.45) is 1.77. The second-order valence-corrected chi connectivity index (χ2v) is 4.54. The van der Waals surface area contributed by atoms with Crippen molar-refractivity contribution < 1.29 is 4.74 Å². The lowest BCUT2D eigenvalue weighted by Gasteiger charge is -2.15. The molecule has 0 aliphatic carbocycles. The number of hydrogen-bond acceptors (Lipinski definition) is 4. The molecule has 0 saturated carbocycles. The maximum Gasteiger partial charge on any atom is 0.222 e. The van der Waals surface area contributed by atoms with Crippen molar-refractivity contribution in [2.45, 2.75) is 20.8 Å². The minimum atomic E-state index is 0.628. The summed E-state index contributed by atoms with van der Waals surface area (Å²) < 4.78 is 5.45. The SMILES string of the molecule is CNc1nccc(-c2cc(C)c(OC)c(C)c2C)n1. The summed E-state index contributed by atoms with van der Waals surface area (Å²) in [5, 5.41) is 2.96. The number of methoxy groups -OCH3 is 1. The van der Waals surface area contributed by atoms with E-state index in [1.165, 1.54) is 5.56 Å². The summed E-state index contributed by atoms with van der Waals surface area (Å²) >= 11 is 0. The van der Waals surface area contributed by atoms with Crippen LogP contribution in [0.15, 0.2) is 18.3 Å². The Morgan fingerprint density at radius 3 is 2.53 bits per heavy atom. The van der Waals surface area contributed by atoms with Gasteiger partial charge in [-0.3, -0.25) is 0 Å². The molecule has 0 atom stereocenters. The summed E-state index contributed by atoms with van der Waals surface area (Å²) in [6.45, 7) is 6.22. The van der Waals surface area contributed by atoms with E-state index in [1.54, 1.807) is 13.3 Å². The number of nitrogens with one attached hydrogen (secondary N) is 1. The number of benzene rings is 1. The molecule has 1 aromatic heterocycles. The molecule has 0 unspecified atom stereocenters. The van der Waals surface area contributed by atoms with Gasteiger partial charge in [-0.15, -0.1) is 0 Å². The van der Waals surface area contributed by atoms with Gasteiger partial charge in [0.15, 0.2) is 0 Å². The van der Waals surface area contributed by atoms with Crippen molar-refractivity contribution in [3.63, 3.8) is 0 Å². The quantitative estimate of drug-likeness (QED) is 0.917. The fraction of sp³-hybridized carbons (Fsp3) is 0.333. The molecule has 19 heavy (non-hydrogen) atoms. The average Bonchev–Trinajstić information content (AvgIpc) is 2.43. The van der Waals surface area contributed by atoms with Crippen LogP contribution < -0.4 is 10.1 Å². The summed E-state index contributed by atoms with van der Waals surface area (Å²) in [7, 11) is 3.52. The van der Waals surface area contributed by atoms with Gasteiger partial charge in [0, 0.05) is 18.8 Å². The van der Waals surface area contributed by atoms with E-state index in [0.29, 0.717) is 5.95 Å². The molecule has 2 aromatic rings. The Balaban J connectivity index is 2.62. The molecule has 0 radical (unpaired) electrons. The lowest BCUT2D eigenvalue weighted by atomic mass is 9.96. The predicted octanol–water partition coefficient (Wildman–Crippen LogP) is 3.12. The highest BCUT2D eigenvalue weighted by molar-refractivity contribution is 5.69. The highest BCUT2D eigenvalue weighted by Crippen LogP contribution is 2.33. The summed E-state index contributed by atoms with van der Waals surface area (Å²) in [4.78, 5) is 8.64. The Labute approximate surface area is 113 Å². The van der Waals surface area contributed by atoms with E-state index in [1.807, 2.05) is 13.1 Å². The third-order valence-electron chi connectivity index (χ3n) is 3.39. The van der Waals surface area contributed by atoms with Crippen LogP contribution in [0.3, 0.4) is 0 Å². The van der Waals surface area contributed by atoms with Crippen molar-refractivity contribution in [1.29, 1.82) is 0 Å². The molecule has 0 spiro atoms. The third-order valence-corrected chi connectivity index (χ3v) is 3.39. The normalized spacial score (nSPS) is 10.4. The van der Waals surface area contributed by atoms with Gasteiger partial charge in [-0.1, -0.05) is 0 Å². The molecule has 0 saturated heterocycles. The Bertz CT molecular complexity index is 609. The first kappa shape index (κ1) is 13.3. The van der Waals surface area contributed by atoms with Gasteiger partial charge in [0.1, 0.15) is 5.75 Å². The molecule has 0 amide bonds. The zero-order valence-electron chi connectivity index (χ0n) is 12.0. The topological polar surface area (TPSA) is 47.0 Å². The predicted molar refractivity (Wildman–Crippen MR) is 77.8 cm³/mol. The maximum atomic E-state index is 5.45. The number of aryl methyl sites for hydroxylation is 1. The average molecular weight is 257 g/mol. The van der Waals surface area contributed by atoms with Gasteiger partial charge in [0.25, 0.3) is 0 Å². The zero-order valence-corrected chi connectivity index (χ0v) is 12.0. The molecule has 0 aliphatic rings. The molecule has 2 rings (SSSR count). The second kappa shape index (κ2) is 5.26. The van der Waals surface area contributed by atoms with E-state index in [0.717, 1.165) is 28.1 Å². The van der Waals surface area contributed by atoms with Crippen LogP contribution in [0.1, 0.15) is 16.7 Å². The first-order chi connectivity index (χ1) is 9.08. The monoisotopic (exact) mass is 257 g/mol. The Morgan fingerprint density at radius 2 is 1.89 bits per heavy atom. The third kappa shape index (κ3) is 2.38. The van der Waals surface area contributed by atoms with Crippen LogP contribution in [-0.2, 0) is 0 Å². The van der Waals surface area contributed by atoms with Crippen LogP contribution in [-0.4, -0.2) is 24.1 Å². The standard InChI is InChI=1S/C15H19N3O/c1-9-8-12(10(2)11(3)14(9)19-5)13-6-7-17-15(16-4)18-13/h6-8H,1-5H3,(H,16,17,18). The number of ether oxygens (including phenoxy) is 1. The van der Waals surface area contributed by atoms with Gasteiger partial charge in [-0.2, -0.15) is 0 Å². The van der Waals surface area contributed by atoms with Crippen molar-refractivity contribution in [3.8, 4) is 17.0 Å². The molecule has 1 N–H and O–H groups in total. The van der Waals surface area contributed by atoms with Gasteiger partial charge in [0.2, 0.25) is 5.95 Å². The molecule has 0 aliphatic heterocycles. The number of anilines is 1. The van der Waals surface area contributed by atoms with E-state index in [-0.39, 0.29) is 0 Å². The molecule has 4 heteroatoms. The summed E-state index contributed by atoms with van der Waals surface area (Å²) in [5.74, 6) is 1.58. The number of nitrogens with zero attached hydrogens (tertiary/aromatic N) is 2. The van der Waals surface area contributed by atoms with Crippen molar-refractivity contribution in [2.24, 2.45) is 0 Å². The molecule has 1 heterocycles. The minimum absolute atomic E-state index is 0.628. The van der Waals surface area contributed by atoms with Crippen molar-refractivity contribution in [2.75, 3.05) is 19.5 Å². The second-order valence-electron chi connectivity index (χ2n) is 4.54. The van der Waals surface area contributed by atoms with Crippen LogP contribution in [0, 0.1) is 20.8 Å². The van der Waals surface area contributed by atoms with E-state index in [9.17, 15) is 0 Å². The van der Waals surface area contributed by atoms with Crippen molar-refractivity contribution >= 4 is 5.95 Å². The Morgan fingerprint density at radius 1 is 1.16 bits per heavy atom. The van der Waals surface area contributed by atoms with Crippen LogP contribution in [0.2, 0.25) is 0 Å². The lowest BCUT2D eigenvalue weighted by Crippen LogP contribution is -2.00. The fourth-order valence-corrected chi connectivity index (χ4v) is 2.27. The Kier molecular flexibility index (Phi) is 3.69. The summed E-state index contributed by atoms with van der Waals surface area (Å²) in [6, 6.07) is 4.04. The van der Waals surface area contributed by atoms with E-state index < -0.39 is 0 Å². The first-order valence-electron chi connectivity index (χ1n) is 6.24. The largest absolute Gasteiger partial charge is 0.496 e. The molecular weight excluding hydrogens is 238 g/mol. The van der Waals surface area contributed by atoms with Gasteiger partial charge in [-0.25, -0.2) is 9.97 Å². The summed E-state index contributed by atoms with van der Waals surface area (Å²) in [5.41, 5.74) is 5.50. The first-order valence-corrected chi connectivity index (χ1v) is 6.24. The van der Waals surface area contributed by atoms with E-state index >= 15 is 0 Å². The molecule has 100 valence electrons. The highest BCUT2D eigenvalue weighted by atomic mass is 16.5.